The molecule has 27 heavy (non-hydrogen) atoms. The maximum absolute atomic E-state index is 12.6. The Bertz CT molecular complexity index is 748. The number of aliphatic imine (C=N–C) groups is 1. The smallest absolute Gasteiger partial charge is 0.251 e. The first-order valence-electron chi connectivity index (χ1n) is 10.7. The monoisotopic (exact) mass is 366 g/mol. The summed E-state index contributed by atoms with van der Waals surface area (Å²) in [6, 6.07) is 0. The Balaban J connectivity index is 1.40. The maximum atomic E-state index is 12.6. The van der Waals surface area contributed by atoms with E-state index in [4.69, 9.17) is 0 Å². The van der Waals surface area contributed by atoms with Crippen molar-refractivity contribution in [2.75, 3.05) is 0 Å². The third-order valence-electron chi connectivity index (χ3n) is 6.67. The summed E-state index contributed by atoms with van der Waals surface area (Å²) in [6.07, 6.45) is 17.0. The van der Waals surface area contributed by atoms with Crippen molar-refractivity contribution in [3.8, 4) is 0 Å². The fraction of sp³-hybridized carbons (Fsp3) is 0.609. The number of hydrogen-bond donors (Lipinski definition) is 1. The van der Waals surface area contributed by atoms with Crippen molar-refractivity contribution < 1.29 is 9.59 Å². The molecular formula is C23H30N2O2. The van der Waals surface area contributed by atoms with E-state index in [9.17, 15) is 9.59 Å². The van der Waals surface area contributed by atoms with E-state index in [1.807, 2.05) is 12.2 Å². The second-order valence-electron chi connectivity index (χ2n) is 8.48. The molecule has 0 aromatic heterocycles. The number of hydrogen-bond acceptors (Lipinski definition) is 2. The average Bonchev–Trinajstić information content (AvgIpc) is 3.17. The molecule has 4 heteroatoms. The SMILES string of the molecule is CCCCC1CCC(C(=O)N=C2C=CC3C(=C2)NC(=O)C2=C3CCC2)CC1. The predicted octanol–water partition coefficient (Wildman–Crippen LogP) is 4.63. The van der Waals surface area contributed by atoms with Gasteiger partial charge in [0.05, 0.1) is 5.71 Å². The maximum Gasteiger partial charge on any atom is 0.251 e. The van der Waals surface area contributed by atoms with Gasteiger partial charge in [-0.1, -0.05) is 32.3 Å². The lowest BCUT2D eigenvalue weighted by atomic mass is 9.79. The van der Waals surface area contributed by atoms with Gasteiger partial charge >= 0.3 is 0 Å². The van der Waals surface area contributed by atoms with Crippen LogP contribution in [-0.2, 0) is 9.59 Å². The van der Waals surface area contributed by atoms with Crippen LogP contribution in [0, 0.1) is 17.8 Å². The number of amides is 2. The summed E-state index contributed by atoms with van der Waals surface area (Å²) in [5.41, 5.74) is 3.80. The highest BCUT2D eigenvalue weighted by molar-refractivity contribution is 6.12. The van der Waals surface area contributed by atoms with Gasteiger partial charge in [-0.2, -0.15) is 0 Å². The van der Waals surface area contributed by atoms with E-state index in [0.29, 0.717) is 5.71 Å². The largest absolute Gasteiger partial charge is 0.325 e. The van der Waals surface area contributed by atoms with E-state index in [-0.39, 0.29) is 23.7 Å². The molecule has 1 N–H and O–H groups in total. The van der Waals surface area contributed by atoms with Crippen LogP contribution in [0.2, 0.25) is 0 Å². The lowest BCUT2D eigenvalue weighted by Gasteiger charge is -2.28. The standard InChI is InChI=1S/C23H30N2O2/c1-2-3-5-15-8-10-16(11-9-15)22(26)24-17-12-13-19-18-6-4-7-20(18)23(27)25-21(19)14-17/h12-16,19H,2-11H2,1H3,(H,25,27). The molecule has 2 amide bonds. The Hall–Kier alpha value is -1.97. The molecule has 1 atom stereocenters. The van der Waals surface area contributed by atoms with E-state index in [2.05, 4.69) is 23.3 Å². The molecule has 0 spiro atoms. The van der Waals surface area contributed by atoms with Crippen LogP contribution in [0.5, 0.6) is 0 Å². The minimum absolute atomic E-state index is 0.0156. The van der Waals surface area contributed by atoms with Gasteiger partial charge in [-0.15, -0.1) is 0 Å². The summed E-state index contributed by atoms with van der Waals surface area (Å²) >= 11 is 0. The molecule has 4 nitrogen and oxygen atoms in total. The summed E-state index contributed by atoms with van der Waals surface area (Å²) in [5, 5.41) is 3.02. The third kappa shape index (κ3) is 3.85. The van der Waals surface area contributed by atoms with Gasteiger partial charge in [0.2, 0.25) is 5.91 Å². The Morgan fingerprint density at radius 2 is 2.04 bits per heavy atom. The van der Waals surface area contributed by atoms with Crippen molar-refractivity contribution in [2.45, 2.75) is 71.1 Å². The van der Waals surface area contributed by atoms with Gasteiger partial charge in [-0.3, -0.25) is 9.59 Å². The lowest BCUT2D eigenvalue weighted by Crippen LogP contribution is -2.35. The normalized spacial score (nSPS) is 31.4. The molecule has 3 aliphatic carbocycles. The minimum Gasteiger partial charge on any atom is -0.325 e. The molecular weight excluding hydrogens is 336 g/mol. The molecule has 1 saturated carbocycles. The summed E-state index contributed by atoms with van der Waals surface area (Å²) < 4.78 is 0. The number of carbonyl (C=O) groups excluding carboxylic acids is 2. The number of nitrogens with one attached hydrogen (secondary N) is 1. The van der Waals surface area contributed by atoms with Crippen LogP contribution in [-0.4, -0.2) is 17.5 Å². The Morgan fingerprint density at radius 3 is 2.81 bits per heavy atom. The van der Waals surface area contributed by atoms with Gasteiger partial charge in [-0.25, -0.2) is 4.99 Å². The van der Waals surface area contributed by atoms with Crippen molar-refractivity contribution in [2.24, 2.45) is 22.7 Å². The van der Waals surface area contributed by atoms with Gasteiger partial charge in [0, 0.05) is 23.1 Å². The van der Waals surface area contributed by atoms with Crippen molar-refractivity contribution in [1.29, 1.82) is 0 Å². The second-order valence-corrected chi connectivity index (χ2v) is 8.48. The quantitative estimate of drug-likeness (QED) is 0.788. The van der Waals surface area contributed by atoms with Crippen LogP contribution in [0.1, 0.15) is 71.1 Å². The van der Waals surface area contributed by atoms with Gasteiger partial charge in [0.25, 0.3) is 5.91 Å². The van der Waals surface area contributed by atoms with Crippen LogP contribution in [0.3, 0.4) is 0 Å². The van der Waals surface area contributed by atoms with E-state index in [0.717, 1.165) is 62.1 Å². The molecule has 1 aliphatic heterocycles. The second kappa shape index (κ2) is 7.95. The molecule has 0 bridgehead atoms. The molecule has 0 aromatic carbocycles. The summed E-state index contributed by atoms with van der Waals surface area (Å²) in [5.74, 6) is 1.09. The third-order valence-corrected chi connectivity index (χ3v) is 6.67. The van der Waals surface area contributed by atoms with Gasteiger partial charge in [-0.05, 0) is 68.6 Å². The fourth-order valence-corrected chi connectivity index (χ4v) is 5.07. The topological polar surface area (TPSA) is 58.5 Å². The molecule has 0 saturated heterocycles. The lowest BCUT2D eigenvalue weighted by molar-refractivity contribution is -0.122. The first-order valence-corrected chi connectivity index (χ1v) is 10.7. The summed E-state index contributed by atoms with van der Waals surface area (Å²) in [7, 11) is 0. The number of allylic oxidation sites excluding steroid dienone is 3. The molecule has 1 unspecified atom stereocenters. The summed E-state index contributed by atoms with van der Waals surface area (Å²) in [4.78, 5) is 29.3. The van der Waals surface area contributed by atoms with Crippen LogP contribution in [0.15, 0.2) is 40.1 Å². The molecule has 4 aliphatic rings. The van der Waals surface area contributed by atoms with Crippen LogP contribution in [0.4, 0.5) is 0 Å². The minimum atomic E-state index is 0.0156. The van der Waals surface area contributed by atoms with Crippen LogP contribution in [0.25, 0.3) is 0 Å². The van der Waals surface area contributed by atoms with Crippen molar-refractivity contribution in [1.82, 2.24) is 5.32 Å². The van der Waals surface area contributed by atoms with E-state index >= 15 is 0 Å². The van der Waals surface area contributed by atoms with Gasteiger partial charge in [0.1, 0.15) is 0 Å². The predicted molar refractivity (Wildman–Crippen MR) is 107 cm³/mol. The highest BCUT2D eigenvalue weighted by Gasteiger charge is 2.34. The molecule has 144 valence electrons. The molecule has 1 fully saturated rings. The van der Waals surface area contributed by atoms with Crippen LogP contribution >= 0.6 is 0 Å². The van der Waals surface area contributed by atoms with E-state index in [1.165, 1.54) is 24.8 Å². The first kappa shape index (κ1) is 18.4. The van der Waals surface area contributed by atoms with E-state index < -0.39 is 0 Å². The van der Waals surface area contributed by atoms with Gasteiger partial charge < -0.3 is 5.32 Å². The fourth-order valence-electron chi connectivity index (χ4n) is 5.07. The average molecular weight is 367 g/mol. The number of nitrogens with zero attached hydrogens (tertiary/aromatic N) is 1. The first-order chi connectivity index (χ1) is 13.2. The zero-order chi connectivity index (χ0) is 18.8. The molecule has 0 radical (unpaired) electrons. The summed E-state index contributed by atoms with van der Waals surface area (Å²) in [6.45, 7) is 2.24. The number of carbonyl (C=O) groups is 2. The van der Waals surface area contributed by atoms with Crippen molar-refractivity contribution >= 4 is 17.5 Å². The Labute approximate surface area is 161 Å². The number of unbranched alkanes of at least 4 members (excludes halogenated alkanes) is 1. The highest BCUT2D eigenvalue weighted by atomic mass is 16.2. The molecule has 1 heterocycles. The van der Waals surface area contributed by atoms with Crippen molar-refractivity contribution in [3.05, 3.63) is 35.1 Å². The van der Waals surface area contributed by atoms with Crippen molar-refractivity contribution in [3.63, 3.8) is 0 Å². The Kier molecular flexibility index (Phi) is 5.42. The highest BCUT2D eigenvalue weighted by Crippen LogP contribution is 2.39. The number of fused-ring (bicyclic) bond motifs is 2. The molecule has 4 rings (SSSR count). The van der Waals surface area contributed by atoms with Gasteiger partial charge in [0.15, 0.2) is 0 Å². The Morgan fingerprint density at radius 1 is 1.22 bits per heavy atom. The zero-order valence-corrected chi connectivity index (χ0v) is 16.3. The zero-order valence-electron chi connectivity index (χ0n) is 16.3. The number of rotatable bonds is 4. The van der Waals surface area contributed by atoms with Crippen LogP contribution < -0.4 is 5.32 Å². The molecule has 0 aromatic rings. The van der Waals surface area contributed by atoms with E-state index in [1.54, 1.807) is 0 Å².